The lowest BCUT2D eigenvalue weighted by Crippen LogP contribution is -2.33. The lowest BCUT2D eigenvalue weighted by atomic mass is 10.1. The third-order valence-electron chi connectivity index (χ3n) is 3.22. The molecule has 1 heterocycles. The second-order valence-electron chi connectivity index (χ2n) is 4.70. The zero-order chi connectivity index (χ0) is 12.5. The topological polar surface area (TPSA) is 63.4 Å². The molecule has 2 atom stereocenters. The highest BCUT2D eigenvalue weighted by Crippen LogP contribution is 2.20. The average molecular weight is 254 g/mol. The van der Waals surface area contributed by atoms with Gasteiger partial charge in [0.25, 0.3) is 0 Å². The maximum atomic E-state index is 12.2. The Hall–Kier alpha value is -0.910. The second-order valence-corrected chi connectivity index (χ2v) is 6.67. The number of hydrogen-bond acceptors (Lipinski definition) is 3. The van der Waals surface area contributed by atoms with Crippen LogP contribution in [0.25, 0.3) is 0 Å². The zero-order valence-corrected chi connectivity index (χ0v) is 10.7. The highest BCUT2D eigenvalue weighted by molar-refractivity contribution is 7.88. The monoisotopic (exact) mass is 254 g/mol. The van der Waals surface area contributed by atoms with E-state index in [1.54, 1.807) is 0 Å². The maximum absolute atomic E-state index is 12.2. The first kappa shape index (κ1) is 12.5. The van der Waals surface area contributed by atoms with E-state index in [2.05, 4.69) is 0 Å². The maximum Gasteiger partial charge on any atom is 0.218 e. The molecule has 1 aromatic rings. The first-order chi connectivity index (χ1) is 7.99. The van der Waals surface area contributed by atoms with E-state index in [-0.39, 0.29) is 17.7 Å². The van der Waals surface area contributed by atoms with Gasteiger partial charge >= 0.3 is 0 Å². The Bertz CT molecular complexity index is 463. The minimum atomic E-state index is -3.23. The van der Waals surface area contributed by atoms with E-state index in [9.17, 15) is 8.42 Å². The van der Waals surface area contributed by atoms with Gasteiger partial charge in [-0.1, -0.05) is 37.3 Å². The van der Waals surface area contributed by atoms with Gasteiger partial charge in [0, 0.05) is 19.1 Å². The van der Waals surface area contributed by atoms with Crippen LogP contribution in [0.3, 0.4) is 0 Å². The van der Waals surface area contributed by atoms with Crippen molar-refractivity contribution >= 4 is 10.0 Å². The van der Waals surface area contributed by atoms with Gasteiger partial charge in [-0.05, 0) is 11.5 Å². The SMILES string of the molecule is CC1CN(S(=O)(=O)Cc2ccccc2)CC1N. The fourth-order valence-corrected chi connectivity index (χ4v) is 3.71. The van der Waals surface area contributed by atoms with Crippen molar-refractivity contribution in [1.29, 1.82) is 0 Å². The van der Waals surface area contributed by atoms with Crippen molar-refractivity contribution in [2.45, 2.75) is 18.7 Å². The molecule has 0 saturated carbocycles. The Labute approximate surface area is 102 Å². The molecule has 1 fully saturated rings. The standard InChI is InChI=1S/C12H18N2O2S/c1-10-7-14(8-12(10)13)17(15,16)9-11-5-3-2-4-6-11/h2-6,10,12H,7-9,13H2,1H3. The number of sulfonamides is 1. The van der Waals surface area contributed by atoms with Crippen LogP contribution >= 0.6 is 0 Å². The number of hydrogen-bond donors (Lipinski definition) is 1. The summed E-state index contributed by atoms with van der Waals surface area (Å²) in [5.41, 5.74) is 6.67. The van der Waals surface area contributed by atoms with Crippen LogP contribution in [0.5, 0.6) is 0 Å². The van der Waals surface area contributed by atoms with Crippen molar-refractivity contribution in [2.24, 2.45) is 11.7 Å². The Morgan fingerprint density at radius 1 is 1.29 bits per heavy atom. The molecule has 5 heteroatoms. The molecule has 0 radical (unpaired) electrons. The van der Waals surface area contributed by atoms with Crippen LogP contribution in [0.15, 0.2) is 30.3 Å². The number of benzene rings is 1. The number of rotatable bonds is 3. The molecular formula is C12H18N2O2S. The Balaban J connectivity index is 2.10. The summed E-state index contributed by atoms with van der Waals surface area (Å²) in [5.74, 6) is 0.299. The Morgan fingerprint density at radius 2 is 1.94 bits per heavy atom. The van der Waals surface area contributed by atoms with Crippen LogP contribution < -0.4 is 5.73 Å². The van der Waals surface area contributed by atoms with Crippen molar-refractivity contribution in [3.05, 3.63) is 35.9 Å². The van der Waals surface area contributed by atoms with Gasteiger partial charge in [0.05, 0.1) is 5.75 Å². The summed E-state index contributed by atoms with van der Waals surface area (Å²) in [6.45, 7) is 2.97. The van der Waals surface area contributed by atoms with E-state index < -0.39 is 10.0 Å². The van der Waals surface area contributed by atoms with E-state index in [0.29, 0.717) is 13.1 Å². The molecule has 0 amide bonds. The minimum absolute atomic E-state index is 0.0412. The van der Waals surface area contributed by atoms with Crippen molar-refractivity contribution in [1.82, 2.24) is 4.31 Å². The van der Waals surface area contributed by atoms with Gasteiger partial charge in [0.15, 0.2) is 0 Å². The summed E-state index contributed by atoms with van der Waals surface area (Å²) < 4.78 is 25.8. The molecule has 1 aromatic carbocycles. The highest BCUT2D eigenvalue weighted by atomic mass is 32.2. The van der Waals surface area contributed by atoms with Crippen LogP contribution in [0.1, 0.15) is 12.5 Å². The molecule has 0 spiro atoms. The molecule has 1 saturated heterocycles. The highest BCUT2D eigenvalue weighted by Gasteiger charge is 2.34. The van der Waals surface area contributed by atoms with Crippen LogP contribution in [0.4, 0.5) is 0 Å². The first-order valence-corrected chi connectivity index (χ1v) is 7.37. The van der Waals surface area contributed by atoms with Gasteiger partial charge in [-0.25, -0.2) is 8.42 Å². The summed E-state index contributed by atoms with van der Waals surface area (Å²) in [4.78, 5) is 0. The predicted molar refractivity (Wildman–Crippen MR) is 67.8 cm³/mol. The third kappa shape index (κ3) is 2.86. The van der Waals surface area contributed by atoms with Crippen LogP contribution in [-0.4, -0.2) is 31.9 Å². The van der Waals surface area contributed by atoms with Crippen LogP contribution in [0.2, 0.25) is 0 Å². The van der Waals surface area contributed by atoms with Crippen LogP contribution in [0, 0.1) is 5.92 Å². The van der Waals surface area contributed by atoms with Gasteiger partial charge in [-0.2, -0.15) is 4.31 Å². The molecular weight excluding hydrogens is 236 g/mol. The quantitative estimate of drug-likeness (QED) is 0.867. The summed E-state index contributed by atoms with van der Waals surface area (Å²) in [7, 11) is -3.23. The Morgan fingerprint density at radius 3 is 2.47 bits per heavy atom. The summed E-state index contributed by atoms with van der Waals surface area (Å²) in [6, 6.07) is 9.20. The second kappa shape index (κ2) is 4.76. The number of nitrogens with two attached hydrogens (primary N) is 1. The van der Waals surface area contributed by atoms with Crippen molar-refractivity contribution < 1.29 is 8.42 Å². The fraction of sp³-hybridized carbons (Fsp3) is 0.500. The first-order valence-electron chi connectivity index (χ1n) is 5.76. The minimum Gasteiger partial charge on any atom is -0.326 e. The third-order valence-corrected chi connectivity index (χ3v) is 5.01. The number of nitrogens with zero attached hydrogens (tertiary/aromatic N) is 1. The van der Waals surface area contributed by atoms with Crippen molar-refractivity contribution in [2.75, 3.05) is 13.1 Å². The molecule has 0 aromatic heterocycles. The fourth-order valence-electron chi connectivity index (χ4n) is 2.05. The molecule has 4 nitrogen and oxygen atoms in total. The molecule has 0 aliphatic carbocycles. The van der Waals surface area contributed by atoms with Gasteiger partial charge in [-0.15, -0.1) is 0 Å². The van der Waals surface area contributed by atoms with Crippen molar-refractivity contribution in [3.8, 4) is 0 Å². The van der Waals surface area contributed by atoms with Crippen molar-refractivity contribution in [3.63, 3.8) is 0 Å². The van der Waals surface area contributed by atoms with E-state index in [4.69, 9.17) is 5.73 Å². The zero-order valence-electron chi connectivity index (χ0n) is 9.91. The molecule has 17 heavy (non-hydrogen) atoms. The van der Waals surface area contributed by atoms with E-state index >= 15 is 0 Å². The summed E-state index contributed by atoms with van der Waals surface area (Å²) >= 11 is 0. The Kier molecular flexibility index (Phi) is 3.51. The lowest BCUT2D eigenvalue weighted by Gasteiger charge is -2.15. The molecule has 1 aliphatic rings. The summed E-state index contributed by atoms with van der Waals surface area (Å²) in [6.07, 6.45) is 0. The summed E-state index contributed by atoms with van der Waals surface area (Å²) in [5, 5.41) is 0. The van der Waals surface area contributed by atoms with Gasteiger partial charge in [-0.3, -0.25) is 0 Å². The largest absolute Gasteiger partial charge is 0.326 e. The predicted octanol–water partition coefficient (Wildman–Crippen LogP) is 0.795. The van der Waals surface area contributed by atoms with Gasteiger partial charge in [0.2, 0.25) is 10.0 Å². The van der Waals surface area contributed by atoms with Gasteiger partial charge < -0.3 is 5.73 Å². The normalized spacial score (nSPS) is 26.2. The lowest BCUT2D eigenvalue weighted by molar-refractivity contribution is 0.463. The van der Waals surface area contributed by atoms with E-state index in [1.807, 2.05) is 37.3 Å². The molecule has 0 bridgehead atoms. The molecule has 2 rings (SSSR count). The molecule has 1 aliphatic heterocycles. The average Bonchev–Trinajstić information content (AvgIpc) is 2.61. The van der Waals surface area contributed by atoms with E-state index in [0.717, 1.165) is 5.56 Å². The van der Waals surface area contributed by atoms with Gasteiger partial charge in [0.1, 0.15) is 0 Å². The van der Waals surface area contributed by atoms with Crippen LogP contribution in [-0.2, 0) is 15.8 Å². The van der Waals surface area contributed by atoms with E-state index in [1.165, 1.54) is 4.31 Å². The molecule has 2 N–H and O–H groups in total. The smallest absolute Gasteiger partial charge is 0.218 e. The molecule has 2 unspecified atom stereocenters. The molecule has 94 valence electrons.